The second kappa shape index (κ2) is 3.80. The summed E-state index contributed by atoms with van der Waals surface area (Å²) in [7, 11) is 0. The van der Waals surface area contributed by atoms with Crippen LogP contribution in [-0.2, 0) is 9.59 Å². The van der Waals surface area contributed by atoms with Crippen molar-refractivity contribution in [2.24, 2.45) is 0 Å². The van der Waals surface area contributed by atoms with Gasteiger partial charge in [0.15, 0.2) is 11.5 Å². The number of piperidine rings is 1. The number of fused-ring (bicyclic) bond motifs is 1. The fourth-order valence-corrected chi connectivity index (χ4v) is 2.00. The van der Waals surface area contributed by atoms with Gasteiger partial charge in [0.2, 0.25) is 11.8 Å². The number of nitrogens with one attached hydrogen (secondary N) is 1. The van der Waals surface area contributed by atoms with Crippen molar-refractivity contribution in [3.63, 3.8) is 0 Å². The molecule has 2 amide bonds. The lowest BCUT2D eigenvalue weighted by Crippen LogP contribution is -2.39. The number of hydrogen-bond acceptors (Lipinski definition) is 5. The number of anilines is 1. The summed E-state index contributed by atoms with van der Waals surface area (Å²) in [6.45, 7) is 0. The molecule has 1 unspecified atom stereocenters. The third kappa shape index (κ3) is 1.69. The lowest BCUT2D eigenvalue weighted by Gasteiger charge is -2.17. The number of amides is 2. The van der Waals surface area contributed by atoms with Crippen LogP contribution in [0.25, 0.3) is 5.65 Å². The van der Waals surface area contributed by atoms with Gasteiger partial charge < -0.3 is 5.73 Å². The zero-order valence-electron chi connectivity index (χ0n) is 9.46. The molecule has 7 nitrogen and oxygen atoms in total. The summed E-state index contributed by atoms with van der Waals surface area (Å²) in [5.41, 5.74) is 6.84. The number of carbonyl (C=O) groups is 2. The van der Waals surface area contributed by atoms with Crippen molar-refractivity contribution < 1.29 is 9.59 Å². The van der Waals surface area contributed by atoms with Crippen molar-refractivity contribution in [2.75, 3.05) is 5.73 Å². The van der Waals surface area contributed by atoms with Gasteiger partial charge in [-0.3, -0.25) is 14.9 Å². The molecule has 0 spiro atoms. The predicted octanol–water partition coefficient (Wildman–Crippen LogP) is -0.168. The fourth-order valence-electron chi connectivity index (χ4n) is 2.00. The number of pyridine rings is 1. The summed E-state index contributed by atoms with van der Waals surface area (Å²) in [5, 5.41) is 6.52. The Bertz CT molecular complexity index is 648. The number of hydrogen-bond donors (Lipinski definition) is 2. The Morgan fingerprint density at radius 1 is 1.39 bits per heavy atom. The van der Waals surface area contributed by atoms with Crippen LogP contribution in [0, 0.1) is 0 Å². The van der Waals surface area contributed by atoms with Gasteiger partial charge in [0, 0.05) is 6.42 Å². The zero-order chi connectivity index (χ0) is 12.7. The van der Waals surface area contributed by atoms with E-state index in [4.69, 9.17) is 5.73 Å². The maximum atomic E-state index is 11.7. The van der Waals surface area contributed by atoms with E-state index in [2.05, 4.69) is 15.4 Å². The molecule has 0 radical (unpaired) electrons. The number of nitrogens with zero attached hydrogens (tertiary/aromatic N) is 3. The number of nitrogen functional groups attached to an aromatic ring is 1. The largest absolute Gasteiger partial charge is 0.397 e. The molecule has 0 aliphatic carbocycles. The van der Waals surface area contributed by atoms with Gasteiger partial charge in [0.1, 0.15) is 5.92 Å². The molecule has 2 aromatic rings. The van der Waals surface area contributed by atoms with Crippen molar-refractivity contribution in [3.8, 4) is 0 Å². The van der Waals surface area contributed by atoms with Crippen LogP contribution in [0.3, 0.4) is 0 Å². The molecular weight excluding hydrogens is 234 g/mol. The van der Waals surface area contributed by atoms with E-state index in [-0.39, 0.29) is 11.8 Å². The van der Waals surface area contributed by atoms with E-state index in [1.165, 1.54) is 4.52 Å². The minimum atomic E-state index is -0.469. The fraction of sp³-hybridized carbons (Fsp3) is 0.273. The van der Waals surface area contributed by atoms with Crippen molar-refractivity contribution in [2.45, 2.75) is 18.8 Å². The third-order valence-corrected chi connectivity index (χ3v) is 2.92. The predicted molar refractivity (Wildman–Crippen MR) is 62.5 cm³/mol. The summed E-state index contributed by atoms with van der Waals surface area (Å²) in [4.78, 5) is 27.1. The van der Waals surface area contributed by atoms with Crippen LogP contribution in [0.5, 0.6) is 0 Å². The SMILES string of the molecule is Nc1ccc2nc(C3CCC(=O)NC3=O)nn2c1. The topological polar surface area (TPSA) is 102 Å². The van der Waals surface area contributed by atoms with Crippen molar-refractivity contribution in [3.05, 3.63) is 24.2 Å². The molecule has 3 rings (SSSR count). The smallest absolute Gasteiger partial charge is 0.237 e. The standard InChI is InChI=1S/C11H11N5O2/c12-6-1-3-8-13-10(15-16(8)5-6)7-2-4-9(17)14-11(7)18/h1,3,5,7H,2,4,12H2,(H,14,17,18). The average molecular weight is 245 g/mol. The first kappa shape index (κ1) is 10.7. The molecular formula is C11H11N5O2. The van der Waals surface area contributed by atoms with Gasteiger partial charge in [0.25, 0.3) is 0 Å². The summed E-state index contributed by atoms with van der Waals surface area (Å²) < 4.78 is 1.54. The Morgan fingerprint density at radius 3 is 3.00 bits per heavy atom. The summed E-state index contributed by atoms with van der Waals surface area (Å²) in [6.07, 6.45) is 2.39. The Labute approximate surface area is 102 Å². The Morgan fingerprint density at radius 2 is 2.22 bits per heavy atom. The molecule has 1 fully saturated rings. The zero-order valence-corrected chi connectivity index (χ0v) is 9.46. The molecule has 1 aliphatic rings. The molecule has 3 heterocycles. The molecule has 2 aromatic heterocycles. The van der Waals surface area contributed by atoms with Crippen LogP contribution in [0.4, 0.5) is 5.69 Å². The van der Waals surface area contributed by atoms with Gasteiger partial charge in [-0.1, -0.05) is 0 Å². The lowest BCUT2D eigenvalue weighted by molar-refractivity contribution is -0.134. The number of nitrogens with two attached hydrogens (primary N) is 1. The minimum Gasteiger partial charge on any atom is -0.397 e. The van der Waals surface area contributed by atoms with Gasteiger partial charge in [-0.05, 0) is 18.6 Å². The number of rotatable bonds is 1. The van der Waals surface area contributed by atoms with E-state index >= 15 is 0 Å². The van der Waals surface area contributed by atoms with E-state index in [1.807, 2.05) is 0 Å². The van der Waals surface area contributed by atoms with Gasteiger partial charge in [-0.25, -0.2) is 9.50 Å². The Balaban J connectivity index is 1.99. The number of aromatic nitrogens is 3. The van der Waals surface area contributed by atoms with Gasteiger partial charge >= 0.3 is 0 Å². The molecule has 92 valence electrons. The van der Waals surface area contributed by atoms with E-state index in [0.29, 0.717) is 30.0 Å². The van der Waals surface area contributed by atoms with E-state index in [1.54, 1.807) is 18.3 Å². The molecule has 1 atom stereocenters. The van der Waals surface area contributed by atoms with Crippen molar-refractivity contribution in [1.82, 2.24) is 19.9 Å². The highest BCUT2D eigenvalue weighted by molar-refractivity contribution is 6.00. The molecule has 1 aliphatic heterocycles. The summed E-state index contributed by atoms with van der Waals surface area (Å²) in [6, 6.07) is 3.45. The normalized spacial score (nSPS) is 20.1. The monoisotopic (exact) mass is 245 g/mol. The number of carbonyl (C=O) groups excluding carboxylic acids is 2. The van der Waals surface area contributed by atoms with Crippen LogP contribution in [0.15, 0.2) is 18.3 Å². The van der Waals surface area contributed by atoms with E-state index in [9.17, 15) is 9.59 Å². The molecule has 3 N–H and O–H groups in total. The van der Waals surface area contributed by atoms with Crippen molar-refractivity contribution >= 4 is 23.1 Å². The third-order valence-electron chi connectivity index (χ3n) is 2.92. The minimum absolute atomic E-state index is 0.246. The lowest BCUT2D eigenvalue weighted by atomic mass is 9.98. The van der Waals surface area contributed by atoms with Crippen molar-refractivity contribution in [1.29, 1.82) is 0 Å². The Hall–Kier alpha value is -2.44. The van der Waals surface area contributed by atoms with Gasteiger partial charge in [0.05, 0.1) is 11.9 Å². The second-order valence-electron chi connectivity index (χ2n) is 4.24. The van der Waals surface area contributed by atoms with Crippen LogP contribution < -0.4 is 11.1 Å². The highest BCUT2D eigenvalue weighted by Gasteiger charge is 2.31. The first-order chi connectivity index (χ1) is 8.63. The summed E-state index contributed by atoms with van der Waals surface area (Å²) in [5.74, 6) is -0.631. The molecule has 1 saturated heterocycles. The van der Waals surface area contributed by atoms with Crippen LogP contribution in [-0.4, -0.2) is 26.4 Å². The van der Waals surface area contributed by atoms with Crippen LogP contribution in [0.2, 0.25) is 0 Å². The molecule has 7 heteroatoms. The molecule has 0 bridgehead atoms. The maximum absolute atomic E-state index is 11.7. The second-order valence-corrected chi connectivity index (χ2v) is 4.24. The Kier molecular flexibility index (Phi) is 2.26. The average Bonchev–Trinajstić information content (AvgIpc) is 2.71. The summed E-state index contributed by atoms with van der Waals surface area (Å²) >= 11 is 0. The molecule has 0 aromatic carbocycles. The maximum Gasteiger partial charge on any atom is 0.237 e. The first-order valence-corrected chi connectivity index (χ1v) is 5.59. The molecule has 18 heavy (non-hydrogen) atoms. The van der Waals surface area contributed by atoms with Gasteiger partial charge in [-0.15, -0.1) is 0 Å². The van der Waals surface area contributed by atoms with Gasteiger partial charge in [-0.2, -0.15) is 5.10 Å². The van der Waals surface area contributed by atoms with Crippen LogP contribution >= 0.6 is 0 Å². The first-order valence-electron chi connectivity index (χ1n) is 5.59. The highest BCUT2D eigenvalue weighted by atomic mass is 16.2. The van der Waals surface area contributed by atoms with Crippen LogP contribution in [0.1, 0.15) is 24.6 Å². The number of imide groups is 1. The highest BCUT2D eigenvalue weighted by Crippen LogP contribution is 2.22. The van der Waals surface area contributed by atoms with E-state index in [0.717, 1.165) is 0 Å². The quantitative estimate of drug-likeness (QED) is 0.679. The molecule has 0 saturated carbocycles. The van der Waals surface area contributed by atoms with E-state index < -0.39 is 5.92 Å².